The lowest BCUT2D eigenvalue weighted by atomic mass is 9.53. The summed E-state index contributed by atoms with van der Waals surface area (Å²) in [6.45, 7) is 0.295. The van der Waals surface area contributed by atoms with Crippen LogP contribution in [0.5, 0.6) is 0 Å². The number of nitrogens with one attached hydrogen (secondary N) is 1. The summed E-state index contributed by atoms with van der Waals surface area (Å²) in [7, 11) is 1.63. The van der Waals surface area contributed by atoms with Crippen molar-refractivity contribution < 1.29 is 19.1 Å². The van der Waals surface area contributed by atoms with Gasteiger partial charge in [-0.3, -0.25) is 4.79 Å². The summed E-state index contributed by atoms with van der Waals surface area (Å²) in [5, 5.41) is 3.22. The van der Waals surface area contributed by atoms with Gasteiger partial charge in [0.05, 0.1) is 12.2 Å². The first-order valence-corrected chi connectivity index (χ1v) is 9.61. The molecule has 4 saturated carbocycles. The van der Waals surface area contributed by atoms with E-state index in [9.17, 15) is 9.59 Å². The third-order valence-corrected chi connectivity index (χ3v) is 6.28. The molecule has 0 aromatic heterocycles. The normalized spacial score (nSPS) is 31.7. The fourth-order valence-electron chi connectivity index (χ4n) is 5.71. The van der Waals surface area contributed by atoms with Crippen LogP contribution >= 0.6 is 0 Å². The zero-order valence-corrected chi connectivity index (χ0v) is 15.3. The fourth-order valence-corrected chi connectivity index (χ4v) is 5.71. The predicted molar refractivity (Wildman–Crippen MR) is 96.5 cm³/mol. The molecule has 0 saturated heterocycles. The Labute approximate surface area is 154 Å². The highest BCUT2D eigenvalue weighted by Crippen LogP contribution is 2.55. The summed E-state index contributed by atoms with van der Waals surface area (Å²) >= 11 is 0. The van der Waals surface area contributed by atoms with Crippen molar-refractivity contribution in [3.8, 4) is 0 Å². The topological polar surface area (TPSA) is 64.6 Å². The van der Waals surface area contributed by atoms with Gasteiger partial charge in [0.1, 0.15) is 0 Å². The van der Waals surface area contributed by atoms with Crippen molar-refractivity contribution in [1.82, 2.24) is 5.32 Å². The van der Waals surface area contributed by atoms with Gasteiger partial charge in [0.25, 0.3) is 5.91 Å². The van der Waals surface area contributed by atoms with Crippen molar-refractivity contribution in [3.05, 3.63) is 35.4 Å². The van der Waals surface area contributed by atoms with E-state index in [1.807, 2.05) is 12.1 Å². The van der Waals surface area contributed by atoms with Crippen molar-refractivity contribution >= 4 is 11.9 Å². The summed E-state index contributed by atoms with van der Waals surface area (Å²) in [6, 6.07) is 7.06. The average Bonchev–Trinajstić information content (AvgIpc) is 2.59. The van der Waals surface area contributed by atoms with Crippen LogP contribution in [0.2, 0.25) is 0 Å². The maximum Gasteiger partial charge on any atom is 0.338 e. The van der Waals surface area contributed by atoms with Gasteiger partial charge < -0.3 is 14.8 Å². The Morgan fingerprint density at radius 3 is 2.15 bits per heavy atom. The summed E-state index contributed by atoms with van der Waals surface area (Å²) in [6.07, 6.45) is 7.30. The van der Waals surface area contributed by atoms with E-state index in [1.165, 1.54) is 19.3 Å². The van der Waals surface area contributed by atoms with Crippen molar-refractivity contribution in [3.63, 3.8) is 0 Å². The van der Waals surface area contributed by atoms with E-state index in [-0.39, 0.29) is 18.1 Å². The molecule has 5 rings (SSSR count). The molecule has 26 heavy (non-hydrogen) atoms. The van der Waals surface area contributed by atoms with Gasteiger partial charge in [0.15, 0.2) is 6.61 Å². The number of hydrogen-bond acceptors (Lipinski definition) is 4. The van der Waals surface area contributed by atoms with E-state index in [0.29, 0.717) is 12.2 Å². The second-order valence-electron chi connectivity index (χ2n) is 8.45. The molecule has 0 spiro atoms. The molecule has 1 aromatic rings. The van der Waals surface area contributed by atoms with Crippen molar-refractivity contribution in [2.75, 3.05) is 13.7 Å². The van der Waals surface area contributed by atoms with Gasteiger partial charge in [0.2, 0.25) is 0 Å². The summed E-state index contributed by atoms with van der Waals surface area (Å²) < 4.78 is 10.3. The quantitative estimate of drug-likeness (QED) is 0.795. The first-order valence-electron chi connectivity index (χ1n) is 9.61. The molecule has 0 unspecified atom stereocenters. The Balaban J connectivity index is 1.29. The molecular formula is C21H27NO4. The van der Waals surface area contributed by atoms with Crippen molar-refractivity contribution in [2.45, 2.75) is 50.7 Å². The maximum atomic E-state index is 12.4. The number of rotatable bonds is 6. The van der Waals surface area contributed by atoms with Gasteiger partial charge >= 0.3 is 5.97 Å². The molecule has 4 aliphatic rings. The Morgan fingerprint density at radius 1 is 1.04 bits per heavy atom. The number of esters is 1. The van der Waals surface area contributed by atoms with Gasteiger partial charge in [-0.05, 0) is 74.0 Å². The van der Waals surface area contributed by atoms with Crippen LogP contribution in [-0.4, -0.2) is 31.1 Å². The van der Waals surface area contributed by atoms with Crippen LogP contribution < -0.4 is 5.32 Å². The van der Waals surface area contributed by atoms with E-state index in [1.54, 1.807) is 19.2 Å². The summed E-state index contributed by atoms with van der Waals surface area (Å²) in [5.74, 6) is 1.69. The highest BCUT2D eigenvalue weighted by Gasteiger charge is 2.51. The molecule has 1 aromatic carbocycles. The van der Waals surface area contributed by atoms with Crippen LogP contribution in [0.15, 0.2) is 24.3 Å². The molecule has 4 bridgehead atoms. The summed E-state index contributed by atoms with van der Waals surface area (Å²) in [4.78, 5) is 24.5. The molecule has 0 heterocycles. The molecule has 4 fully saturated rings. The average molecular weight is 357 g/mol. The van der Waals surface area contributed by atoms with Gasteiger partial charge in [-0.2, -0.15) is 0 Å². The van der Waals surface area contributed by atoms with Crippen molar-refractivity contribution in [2.24, 2.45) is 17.8 Å². The predicted octanol–water partition coefficient (Wildman–Crippen LogP) is 3.07. The van der Waals surface area contributed by atoms with Gasteiger partial charge in [-0.15, -0.1) is 0 Å². The lowest BCUT2D eigenvalue weighted by Gasteiger charge is -2.56. The molecule has 0 aliphatic heterocycles. The van der Waals surface area contributed by atoms with Crippen molar-refractivity contribution in [1.29, 1.82) is 0 Å². The van der Waals surface area contributed by atoms with Gasteiger partial charge in [0, 0.05) is 12.6 Å². The second-order valence-corrected chi connectivity index (χ2v) is 8.45. The molecule has 5 heteroatoms. The number of benzene rings is 1. The Kier molecular flexibility index (Phi) is 4.74. The van der Waals surface area contributed by atoms with E-state index >= 15 is 0 Å². The van der Waals surface area contributed by atoms with E-state index in [0.717, 1.165) is 42.6 Å². The summed E-state index contributed by atoms with van der Waals surface area (Å²) in [5.41, 5.74) is 1.40. The largest absolute Gasteiger partial charge is 0.452 e. The number of hydrogen-bond donors (Lipinski definition) is 1. The molecule has 0 atom stereocenters. The SMILES string of the molecule is COCc1ccc(C(=O)OCC(=O)NC23CC4CC(CC(C4)C2)C3)cc1. The van der Waals surface area contributed by atoms with Gasteiger partial charge in [-0.1, -0.05) is 12.1 Å². The lowest BCUT2D eigenvalue weighted by molar-refractivity contribution is -0.130. The Bertz CT molecular complexity index is 646. The molecule has 5 nitrogen and oxygen atoms in total. The first kappa shape index (κ1) is 17.5. The maximum absolute atomic E-state index is 12.4. The van der Waals surface area contributed by atoms with Crippen LogP contribution in [0.4, 0.5) is 0 Å². The monoisotopic (exact) mass is 357 g/mol. The van der Waals surface area contributed by atoms with Crippen LogP contribution in [-0.2, 0) is 20.9 Å². The second kappa shape index (κ2) is 7.03. The van der Waals surface area contributed by atoms with Crippen LogP contribution in [0.3, 0.4) is 0 Å². The smallest absolute Gasteiger partial charge is 0.338 e. The number of carbonyl (C=O) groups excluding carboxylic acids is 2. The Hall–Kier alpha value is -1.88. The molecule has 1 amide bonds. The molecular weight excluding hydrogens is 330 g/mol. The number of carbonyl (C=O) groups is 2. The van der Waals surface area contributed by atoms with E-state index in [4.69, 9.17) is 9.47 Å². The number of amides is 1. The third kappa shape index (κ3) is 3.63. The fraction of sp³-hybridized carbons (Fsp3) is 0.619. The molecule has 0 radical (unpaired) electrons. The molecule has 4 aliphatic carbocycles. The number of ether oxygens (including phenoxy) is 2. The zero-order valence-electron chi connectivity index (χ0n) is 15.3. The zero-order chi connectivity index (χ0) is 18.1. The van der Waals surface area contributed by atoms with E-state index in [2.05, 4.69) is 5.32 Å². The minimum Gasteiger partial charge on any atom is -0.452 e. The third-order valence-electron chi connectivity index (χ3n) is 6.28. The molecule has 1 N–H and O–H groups in total. The van der Waals surface area contributed by atoms with Crippen LogP contribution in [0, 0.1) is 17.8 Å². The minimum absolute atomic E-state index is 0.0416. The minimum atomic E-state index is -0.463. The number of methoxy groups -OCH3 is 1. The highest BCUT2D eigenvalue weighted by molar-refractivity contribution is 5.91. The van der Waals surface area contributed by atoms with E-state index < -0.39 is 5.97 Å². The lowest BCUT2D eigenvalue weighted by Crippen LogP contribution is -2.60. The van der Waals surface area contributed by atoms with Gasteiger partial charge in [-0.25, -0.2) is 4.79 Å². The van der Waals surface area contributed by atoms with Crippen LogP contribution in [0.1, 0.15) is 54.4 Å². The van der Waals surface area contributed by atoms with Crippen LogP contribution in [0.25, 0.3) is 0 Å². The highest BCUT2D eigenvalue weighted by atomic mass is 16.5. The first-order chi connectivity index (χ1) is 12.5. The Morgan fingerprint density at radius 2 is 1.62 bits per heavy atom. The molecule has 140 valence electrons. The standard InChI is InChI=1S/C21H27NO4/c1-25-12-14-2-4-18(5-3-14)20(24)26-13-19(23)22-21-9-15-6-16(10-21)8-17(7-15)11-21/h2-5,15-17H,6-13H2,1H3,(H,22,23).